The van der Waals surface area contributed by atoms with Crippen LogP contribution in [0.4, 0.5) is 13.2 Å². The molecule has 2 N–H and O–H groups in total. The molecule has 0 unspecified atom stereocenters. The molecule has 0 radical (unpaired) electrons. The Morgan fingerprint density at radius 2 is 1.83 bits per heavy atom. The van der Waals surface area contributed by atoms with Crippen LogP contribution in [0.1, 0.15) is 17.9 Å². The Morgan fingerprint density at radius 3 is 2.33 bits per heavy atom. The highest BCUT2D eigenvalue weighted by Crippen LogP contribution is 2.19. The number of aliphatic hydroxyl groups excluding tert-OH is 2. The van der Waals surface area contributed by atoms with Crippen LogP contribution in [0.3, 0.4) is 0 Å². The highest BCUT2D eigenvalue weighted by molar-refractivity contribution is 5.06. The lowest BCUT2D eigenvalue weighted by Crippen LogP contribution is -2.34. The van der Waals surface area contributed by atoms with E-state index in [1.54, 1.807) is 0 Å². The van der Waals surface area contributed by atoms with E-state index in [9.17, 15) is 13.2 Å². The Labute approximate surface area is 103 Å². The van der Waals surface area contributed by atoms with E-state index in [0.717, 1.165) is 4.90 Å². The van der Waals surface area contributed by atoms with E-state index in [2.05, 4.69) is 0 Å². The summed E-state index contributed by atoms with van der Waals surface area (Å²) in [6, 6.07) is 3.06. The zero-order valence-corrected chi connectivity index (χ0v) is 9.78. The van der Waals surface area contributed by atoms with Gasteiger partial charge in [-0.1, -0.05) is 0 Å². The van der Waals surface area contributed by atoms with E-state index in [4.69, 9.17) is 14.6 Å². The second kappa shape index (κ2) is 6.77. The summed E-state index contributed by atoms with van der Waals surface area (Å²) in [4.78, 5) is 1.15. The second-order valence-corrected chi connectivity index (χ2v) is 3.93. The molecular formula is C11H16F3NO3. The number of nitrogens with zero attached hydrogens (tertiary/aromatic N) is 1. The average molecular weight is 267 g/mol. The lowest BCUT2D eigenvalue weighted by atomic mass is 10.3. The first-order valence-corrected chi connectivity index (χ1v) is 5.53. The van der Waals surface area contributed by atoms with Gasteiger partial charge in [-0.15, -0.1) is 0 Å². The molecule has 1 heterocycles. The van der Waals surface area contributed by atoms with Crippen LogP contribution in [0.2, 0.25) is 0 Å². The molecule has 7 heteroatoms. The lowest BCUT2D eigenvalue weighted by molar-refractivity contribution is -0.147. The highest BCUT2D eigenvalue weighted by atomic mass is 19.4. The standard InChI is InChI=1S/C11H16F3NO3/c12-11(13,14)8-15(4-1-5-16)6-9-2-3-10(7-17)18-9/h2-3,16-17H,1,4-8H2. The average Bonchev–Trinajstić information content (AvgIpc) is 2.71. The topological polar surface area (TPSA) is 56.8 Å². The van der Waals surface area contributed by atoms with Gasteiger partial charge >= 0.3 is 6.18 Å². The van der Waals surface area contributed by atoms with Crippen molar-refractivity contribution in [2.24, 2.45) is 0 Å². The number of hydrogen-bond donors (Lipinski definition) is 2. The molecule has 0 aliphatic carbocycles. The molecule has 1 rings (SSSR count). The molecule has 0 aromatic carbocycles. The van der Waals surface area contributed by atoms with Crippen molar-refractivity contribution >= 4 is 0 Å². The largest absolute Gasteiger partial charge is 0.462 e. The minimum absolute atomic E-state index is 0.000486. The summed E-state index contributed by atoms with van der Waals surface area (Å²) in [5, 5.41) is 17.4. The van der Waals surface area contributed by atoms with E-state index < -0.39 is 12.7 Å². The van der Waals surface area contributed by atoms with Gasteiger partial charge in [0.2, 0.25) is 0 Å². The van der Waals surface area contributed by atoms with Crippen LogP contribution in [-0.2, 0) is 13.2 Å². The molecule has 0 fully saturated rings. The van der Waals surface area contributed by atoms with Gasteiger partial charge in [0, 0.05) is 13.2 Å². The third-order valence-corrected chi connectivity index (χ3v) is 2.29. The SMILES string of the molecule is OCCCN(Cc1ccc(CO)o1)CC(F)(F)F. The third-order valence-electron chi connectivity index (χ3n) is 2.29. The van der Waals surface area contributed by atoms with Gasteiger partial charge < -0.3 is 14.6 Å². The minimum atomic E-state index is -4.29. The first-order valence-electron chi connectivity index (χ1n) is 5.53. The molecule has 4 nitrogen and oxygen atoms in total. The summed E-state index contributed by atoms with van der Waals surface area (Å²) in [6.07, 6.45) is -4.02. The molecule has 0 amide bonds. The zero-order valence-electron chi connectivity index (χ0n) is 9.78. The van der Waals surface area contributed by atoms with Crippen molar-refractivity contribution in [3.05, 3.63) is 23.7 Å². The number of alkyl halides is 3. The summed E-state index contributed by atoms with van der Waals surface area (Å²) in [7, 11) is 0. The van der Waals surface area contributed by atoms with Crippen molar-refractivity contribution in [2.45, 2.75) is 25.7 Å². The first kappa shape index (κ1) is 15.0. The first-order chi connectivity index (χ1) is 8.44. The van der Waals surface area contributed by atoms with Crippen LogP contribution < -0.4 is 0 Å². The molecule has 18 heavy (non-hydrogen) atoms. The van der Waals surface area contributed by atoms with Gasteiger partial charge in [0.1, 0.15) is 18.1 Å². The number of hydrogen-bond acceptors (Lipinski definition) is 4. The lowest BCUT2D eigenvalue weighted by Gasteiger charge is -2.22. The van der Waals surface area contributed by atoms with Crippen molar-refractivity contribution in [1.82, 2.24) is 4.90 Å². The molecule has 0 atom stereocenters. The van der Waals surface area contributed by atoms with E-state index in [1.807, 2.05) is 0 Å². The third kappa shape index (κ3) is 5.52. The maximum absolute atomic E-state index is 12.3. The van der Waals surface area contributed by atoms with Crippen molar-refractivity contribution in [3.8, 4) is 0 Å². The molecule has 0 saturated carbocycles. The molecular weight excluding hydrogens is 251 g/mol. The number of rotatable bonds is 7. The Hall–Kier alpha value is -1.05. The molecule has 1 aromatic rings. The molecule has 104 valence electrons. The molecule has 0 aliphatic heterocycles. The predicted molar refractivity (Wildman–Crippen MR) is 57.7 cm³/mol. The maximum Gasteiger partial charge on any atom is 0.401 e. The molecule has 0 bridgehead atoms. The van der Waals surface area contributed by atoms with Crippen molar-refractivity contribution < 1.29 is 27.8 Å². The Bertz CT molecular complexity index is 352. The van der Waals surface area contributed by atoms with E-state index >= 15 is 0 Å². The number of furan rings is 1. The summed E-state index contributed by atoms with van der Waals surface area (Å²) >= 11 is 0. The summed E-state index contributed by atoms with van der Waals surface area (Å²) in [6.45, 7) is -1.36. The summed E-state index contributed by atoms with van der Waals surface area (Å²) in [5.74, 6) is 0.681. The van der Waals surface area contributed by atoms with Gasteiger partial charge in [-0.25, -0.2) is 0 Å². The van der Waals surface area contributed by atoms with Crippen LogP contribution in [0.25, 0.3) is 0 Å². The van der Waals surface area contributed by atoms with Crippen LogP contribution in [-0.4, -0.2) is 41.0 Å². The minimum Gasteiger partial charge on any atom is -0.462 e. The second-order valence-electron chi connectivity index (χ2n) is 3.93. The summed E-state index contributed by atoms with van der Waals surface area (Å²) < 4.78 is 42.1. The van der Waals surface area contributed by atoms with Gasteiger partial charge in [0.25, 0.3) is 0 Å². The smallest absolute Gasteiger partial charge is 0.401 e. The van der Waals surface area contributed by atoms with Gasteiger partial charge in [0.15, 0.2) is 0 Å². The molecule has 0 aliphatic rings. The number of aliphatic hydroxyl groups is 2. The van der Waals surface area contributed by atoms with Crippen LogP contribution in [0.5, 0.6) is 0 Å². The van der Waals surface area contributed by atoms with Crippen molar-refractivity contribution in [3.63, 3.8) is 0 Å². The molecule has 0 saturated heterocycles. The highest BCUT2D eigenvalue weighted by Gasteiger charge is 2.30. The fraction of sp³-hybridized carbons (Fsp3) is 0.636. The van der Waals surface area contributed by atoms with E-state index in [0.29, 0.717) is 11.5 Å². The maximum atomic E-state index is 12.3. The summed E-state index contributed by atoms with van der Waals surface area (Å²) in [5.41, 5.74) is 0. The molecule has 1 aromatic heterocycles. The van der Waals surface area contributed by atoms with Crippen molar-refractivity contribution in [2.75, 3.05) is 19.7 Å². The van der Waals surface area contributed by atoms with Crippen LogP contribution >= 0.6 is 0 Å². The Balaban J connectivity index is 2.59. The van der Waals surface area contributed by atoms with Gasteiger partial charge in [-0.3, -0.25) is 4.90 Å². The van der Waals surface area contributed by atoms with Crippen molar-refractivity contribution in [1.29, 1.82) is 0 Å². The quantitative estimate of drug-likeness (QED) is 0.786. The van der Waals surface area contributed by atoms with Crippen LogP contribution in [0.15, 0.2) is 16.5 Å². The number of halogens is 3. The Kier molecular flexibility index (Phi) is 5.64. The van der Waals surface area contributed by atoms with Gasteiger partial charge in [0.05, 0.1) is 13.1 Å². The van der Waals surface area contributed by atoms with Crippen LogP contribution in [0, 0.1) is 0 Å². The van der Waals surface area contributed by atoms with Gasteiger partial charge in [-0.2, -0.15) is 13.2 Å². The normalized spacial score (nSPS) is 12.3. The Morgan fingerprint density at radius 1 is 1.17 bits per heavy atom. The van der Waals surface area contributed by atoms with E-state index in [-0.39, 0.29) is 32.7 Å². The van der Waals surface area contributed by atoms with Gasteiger partial charge in [-0.05, 0) is 18.6 Å². The fourth-order valence-electron chi connectivity index (χ4n) is 1.57. The zero-order chi connectivity index (χ0) is 13.6. The molecule has 0 spiro atoms. The fourth-order valence-corrected chi connectivity index (χ4v) is 1.57. The predicted octanol–water partition coefficient (Wildman–Crippen LogP) is 1.52. The monoisotopic (exact) mass is 267 g/mol. The van der Waals surface area contributed by atoms with E-state index in [1.165, 1.54) is 12.1 Å².